The molecule has 1 aromatic heterocycles. The van der Waals surface area contributed by atoms with Crippen molar-refractivity contribution >= 4 is 29.7 Å². The fraction of sp³-hybridized carbons (Fsp3) is 0.619. The average molecular weight is 483 g/mol. The molecule has 0 aliphatic heterocycles. The van der Waals surface area contributed by atoms with E-state index in [4.69, 9.17) is 5.73 Å². The number of nitrogens with two attached hydrogens (primary N) is 1. The van der Waals surface area contributed by atoms with Gasteiger partial charge in [-0.15, -0.1) is 0 Å². The van der Waals surface area contributed by atoms with E-state index in [9.17, 15) is 34.2 Å². The van der Waals surface area contributed by atoms with E-state index in [1.54, 1.807) is 13.8 Å². The Morgan fingerprint density at radius 3 is 2.03 bits per heavy atom. The summed E-state index contributed by atoms with van der Waals surface area (Å²) in [5.41, 5.74) is 6.41. The number of hydrogen-bond donors (Lipinski definition) is 7. The Balaban J connectivity index is 3.06. The summed E-state index contributed by atoms with van der Waals surface area (Å²) in [4.78, 5) is 67.6. The summed E-state index contributed by atoms with van der Waals surface area (Å²) in [5, 5.41) is 25.6. The van der Waals surface area contributed by atoms with Gasteiger partial charge in [0.1, 0.15) is 18.1 Å². The molecule has 1 heterocycles. The normalized spacial score (nSPS) is 14.7. The van der Waals surface area contributed by atoms with Crippen molar-refractivity contribution in [2.24, 2.45) is 17.6 Å². The summed E-state index contributed by atoms with van der Waals surface area (Å²) in [6.45, 7) is 6.91. The van der Waals surface area contributed by atoms with Gasteiger partial charge in [-0.25, -0.2) is 9.78 Å². The van der Waals surface area contributed by atoms with Gasteiger partial charge in [-0.1, -0.05) is 27.7 Å². The number of carbonyl (C=O) groups excluding carboxylic acids is 3. The van der Waals surface area contributed by atoms with E-state index in [1.165, 1.54) is 12.5 Å². The third-order valence-electron chi connectivity index (χ3n) is 4.92. The molecule has 0 spiro atoms. The smallest absolute Gasteiger partial charge is 0.326 e. The molecule has 13 nitrogen and oxygen atoms in total. The monoisotopic (exact) mass is 482 g/mol. The minimum Gasteiger partial charge on any atom is -0.481 e. The van der Waals surface area contributed by atoms with Gasteiger partial charge in [-0.2, -0.15) is 0 Å². The topological polar surface area (TPSA) is 217 Å². The third kappa shape index (κ3) is 9.57. The second-order valence-corrected chi connectivity index (χ2v) is 8.81. The molecular weight excluding hydrogens is 448 g/mol. The number of aliphatic carboxylic acids is 2. The van der Waals surface area contributed by atoms with Crippen LogP contribution in [-0.2, 0) is 30.4 Å². The lowest BCUT2D eigenvalue weighted by Gasteiger charge is -2.25. The lowest BCUT2D eigenvalue weighted by molar-refractivity contribution is -0.144. The molecule has 1 rings (SSSR count). The molecule has 0 bridgehead atoms. The number of nitrogens with zero attached hydrogens (tertiary/aromatic N) is 1. The maximum atomic E-state index is 13.0. The molecule has 34 heavy (non-hydrogen) atoms. The molecule has 1 aromatic rings. The van der Waals surface area contributed by atoms with Crippen LogP contribution in [0.4, 0.5) is 0 Å². The van der Waals surface area contributed by atoms with Crippen molar-refractivity contribution in [2.75, 3.05) is 0 Å². The quantitative estimate of drug-likeness (QED) is 0.173. The zero-order chi connectivity index (χ0) is 26.0. The van der Waals surface area contributed by atoms with E-state index >= 15 is 0 Å². The van der Waals surface area contributed by atoms with Crippen LogP contribution in [0, 0.1) is 11.8 Å². The molecule has 0 saturated carbocycles. The largest absolute Gasteiger partial charge is 0.481 e. The summed E-state index contributed by atoms with van der Waals surface area (Å²) < 4.78 is 0. The van der Waals surface area contributed by atoms with Crippen LogP contribution in [0.5, 0.6) is 0 Å². The molecule has 3 amide bonds. The SMILES string of the molecule is CC(C)CC(N)C(=O)NC(Cc1cnc[nH]1)C(=O)NC(CC(=O)O)C(=O)NC(C(=O)O)C(C)C. The molecule has 8 N–H and O–H groups in total. The highest BCUT2D eigenvalue weighted by molar-refractivity contribution is 5.95. The lowest BCUT2D eigenvalue weighted by atomic mass is 10.0. The minimum atomic E-state index is -1.57. The molecule has 0 saturated heterocycles. The van der Waals surface area contributed by atoms with Crippen molar-refractivity contribution in [3.8, 4) is 0 Å². The number of carboxylic acid groups (broad SMARTS) is 2. The van der Waals surface area contributed by atoms with Crippen LogP contribution < -0.4 is 21.7 Å². The van der Waals surface area contributed by atoms with Gasteiger partial charge in [0.15, 0.2) is 0 Å². The van der Waals surface area contributed by atoms with E-state index in [0.29, 0.717) is 12.1 Å². The number of aromatic nitrogens is 2. The molecule has 13 heteroatoms. The summed E-state index contributed by atoms with van der Waals surface area (Å²) in [6.07, 6.45) is 2.38. The van der Waals surface area contributed by atoms with Crippen LogP contribution in [0.25, 0.3) is 0 Å². The van der Waals surface area contributed by atoms with E-state index < -0.39 is 66.2 Å². The maximum Gasteiger partial charge on any atom is 0.326 e. The molecule has 4 unspecified atom stereocenters. The Morgan fingerprint density at radius 1 is 0.971 bits per heavy atom. The zero-order valence-electron chi connectivity index (χ0n) is 19.7. The Bertz CT molecular complexity index is 856. The van der Waals surface area contributed by atoms with Gasteiger partial charge in [0, 0.05) is 18.3 Å². The first-order valence-corrected chi connectivity index (χ1v) is 10.9. The number of imidazole rings is 1. The predicted molar refractivity (Wildman–Crippen MR) is 120 cm³/mol. The standard InChI is InChI=1S/C21H34N6O7/c1-10(2)5-13(22)18(30)25-14(6-12-8-23-9-24-12)19(31)26-15(7-16(28)29)20(32)27-17(11(3)4)21(33)34/h8-11,13-15,17H,5-7,22H2,1-4H3,(H,23,24)(H,25,30)(H,26,31)(H,27,32)(H,28,29)(H,33,34). The molecule has 190 valence electrons. The van der Waals surface area contributed by atoms with Crippen molar-refractivity contribution in [2.45, 2.75) is 71.1 Å². The third-order valence-corrected chi connectivity index (χ3v) is 4.92. The number of amides is 3. The number of H-pyrrole nitrogens is 1. The fourth-order valence-corrected chi connectivity index (χ4v) is 3.14. The van der Waals surface area contributed by atoms with Crippen molar-refractivity contribution < 1.29 is 34.2 Å². The number of carbonyl (C=O) groups is 5. The van der Waals surface area contributed by atoms with Gasteiger partial charge >= 0.3 is 11.9 Å². The van der Waals surface area contributed by atoms with Crippen LogP contribution in [0.3, 0.4) is 0 Å². The second-order valence-electron chi connectivity index (χ2n) is 8.81. The zero-order valence-corrected chi connectivity index (χ0v) is 19.7. The minimum absolute atomic E-state index is 0.0306. The van der Waals surface area contributed by atoms with Gasteiger partial charge in [-0.3, -0.25) is 19.2 Å². The molecule has 0 aromatic carbocycles. The number of nitrogens with one attached hydrogen (secondary N) is 4. The highest BCUT2D eigenvalue weighted by atomic mass is 16.4. The van der Waals surface area contributed by atoms with Crippen molar-refractivity contribution in [3.05, 3.63) is 18.2 Å². The predicted octanol–water partition coefficient (Wildman–Crippen LogP) is -1.00. The number of rotatable bonds is 14. The van der Waals surface area contributed by atoms with Crippen LogP contribution >= 0.6 is 0 Å². The molecule has 0 radical (unpaired) electrons. The average Bonchev–Trinajstić information content (AvgIpc) is 3.22. The summed E-state index contributed by atoms with van der Waals surface area (Å²) in [7, 11) is 0. The summed E-state index contributed by atoms with van der Waals surface area (Å²) in [6, 6.07) is -4.93. The van der Waals surface area contributed by atoms with E-state index in [0.717, 1.165) is 0 Å². The Morgan fingerprint density at radius 2 is 1.56 bits per heavy atom. The van der Waals surface area contributed by atoms with E-state index in [2.05, 4.69) is 25.9 Å². The Hall–Kier alpha value is -3.48. The molecule has 0 aliphatic carbocycles. The number of carboxylic acids is 2. The fourth-order valence-electron chi connectivity index (χ4n) is 3.14. The van der Waals surface area contributed by atoms with Crippen LogP contribution in [0.15, 0.2) is 12.5 Å². The van der Waals surface area contributed by atoms with Gasteiger partial charge in [0.25, 0.3) is 0 Å². The van der Waals surface area contributed by atoms with Crippen molar-refractivity contribution in [3.63, 3.8) is 0 Å². The maximum absolute atomic E-state index is 13.0. The van der Waals surface area contributed by atoms with Gasteiger partial charge in [0.2, 0.25) is 17.7 Å². The Labute approximate surface area is 197 Å². The first kappa shape index (κ1) is 28.6. The lowest BCUT2D eigenvalue weighted by Crippen LogP contribution is -2.58. The van der Waals surface area contributed by atoms with E-state index in [1.807, 2.05) is 13.8 Å². The molecule has 0 aliphatic rings. The molecule has 0 fully saturated rings. The van der Waals surface area contributed by atoms with Gasteiger partial charge in [0.05, 0.1) is 18.8 Å². The van der Waals surface area contributed by atoms with Crippen molar-refractivity contribution in [1.29, 1.82) is 0 Å². The second kappa shape index (κ2) is 13.3. The van der Waals surface area contributed by atoms with Gasteiger partial charge in [-0.05, 0) is 18.3 Å². The van der Waals surface area contributed by atoms with E-state index in [-0.39, 0.29) is 12.3 Å². The number of aromatic amines is 1. The highest BCUT2D eigenvalue weighted by Gasteiger charge is 2.32. The van der Waals surface area contributed by atoms with Crippen LogP contribution in [0.2, 0.25) is 0 Å². The summed E-state index contributed by atoms with van der Waals surface area (Å²) in [5.74, 6) is -5.43. The van der Waals surface area contributed by atoms with Crippen LogP contribution in [0.1, 0.15) is 46.2 Å². The summed E-state index contributed by atoms with van der Waals surface area (Å²) >= 11 is 0. The first-order valence-electron chi connectivity index (χ1n) is 10.9. The Kier molecular flexibility index (Phi) is 11.2. The highest BCUT2D eigenvalue weighted by Crippen LogP contribution is 2.07. The number of hydrogen-bond acceptors (Lipinski definition) is 7. The molecular formula is C21H34N6O7. The van der Waals surface area contributed by atoms with Crippen molar-refractivity contribution in [1.82, 2.24) is 25.9 Å². The van der Waals surface area contributed by atoms with Crippen LogP contribution in [-0.4, -0.2) is 74.0 Å². The molecule has 4 atom stereocenters. The first-order chi connectivity index (χ1) is 15.8. The van der Waals surface area contributed by atoms with Gasteiger partial charge < -0.3 is 36.9 Å².